The van der Waals surface area contributed by atoms with Crippen molar-refractivity contribution >= 4 is 23.4 Å². The van der Waals surface area contributed by atoms with Crippen LogP contribution in [0.5, 0.6) is 0 Å². The second-order valence-electron chi connectivity index (χ2n) is 5.62. The highest BCUT2D eigenvalue weighted by molar-refractivity contribution is 7.99. The smallest absolute Gasteiger partial charge is 0.234 e. The minimum absolute atomic E-state index is 0.168. The molecule has 3 aromatic rings. The molecule has 2 aromatic heterocycles. The number of anilines is 1. The van der Waals surface area contributed by atoms with Crippen LogP contribution in [0.15, 0.2) is 58.8 Å². The molecule has 0 atom stereocenters. The molecule has 3 rings (SSSR count). The minimum atomic E-state index is -0.168. The van der Waals surface area contributed by atoms with Crippen LogP contribution >= 0.6 is 11.8 Å². The van der Waals surface area contributed by atoms with Gasteiger partial charge in [-0.3, -0.25) is 9.36 Å². The number of nitrogens with one attached hydrogen (secondary N) is 1. The van der Waals surface area contributed by atoms with Crippen LogP contribution in [0.25, 0.3) is 11.4 Å². The van der Waals surface area contributed by atoms with Crippen LogP contribution in [0.3, 0.4) is 0 Å². The van der Waals surface area contributed by atoms with Gasteiger partial charge in [0.05, 0.1) is 29.2 Å². The zero-order valence-corrected chi connectivity index (χ0v) is 15.5. The number of hydrogen-bond donors (Lipinski definition) is 1. The molecule has 0 bridgehead atoms. The molecule has 1 aromatic carbocycles. The van der Waals surface area contributed by atoms with E-state index in [9.17, 15) is 4.79 Å². The molecule has 0 saturated carbocycles. The standard InChI is InChI=1S/C19H17N5O2S/c1-3-9-24-18(16-8-10-26-13(16)2)22-23-19(24)27-12-17(25)21-15-6-4-14(11-20)5-7-15/h3-8,10H,1,9,12H2,2H3,(H,21,25). The maximum absolute atomic E-state index is 12.2. The number of allylic oxidation sites excluding steroid dienone is 1. The first-order valence-electron chi connectivity index (χ1n) is 8.13. The number of thioether (sulfide) groups is 1. The van der Waals surface area contributed by atoms with Gasteiger partial charge >= 0.3 is 0 Å². The summed E-state index contributed by atoms with van der Waals surface area (Å²) in [5.74, 6) is 1.44. The molecule has 2 heterocycles. The Morgan fingerprint density at radius 3 is 2.78 bits per heavy atom. The molecular weight excluding hydrogens is 362 g/mol. The number of nitrogens with zero attached hydrogens (tertiary/aromatic N) is 4. The predicted octanol–water partition coefficient (Wildman–Crippen LogP) is 3.64. The summed E-state index contributed by atoms with van der Waals surface area (Å²) in [5.41, 5.74) is 2.04. The lowest BCUT2D eigenvalue weighted by molar-refractivity contribution is -0.113. The number of rotatable bonds is 7. The SMILES string of the molecule is C=CCn1c(SCC(=O)Nc2ccc(C#N)cc2)nnc1-c1ccoc1C. The van der Waals surface area contributed by atoms with Gasteiger partial charge in [0.1, 0.15) is 5.76 Å². The first-order chi connectivity index (χ1) is 13.1. The van der Waals surface area contributed by atoms with Crippen LogP contribution in [0.2, 0.25) is 0 Å². The highest BCUT2D eigenvalue weighted by Gasteiger charge is 2.17. The first kappa shape index (κ1) is 18.5. The van der Waals surface area contributed by atoms with Gasteiger partial charge in [-0.05, 0) is 37.3 Å². The Morgan fingerprint density at radius 1 is 1.37 bits per heavy atom. The monoisotopic (exact) mass is 379 g/mol. The zero-order valence-electron chi connectivity index (χ0n) is 14.7. The summed E-state index contributed by atoms with van der Waals surface area (Å²) in [6.45, 7) is 6.16. The van der Waals surface area contributed by atoms with E-state index in [-0.39, 0.29) is 11.7 Å². The maximum Gasteiger partial charge on any atom is 0.234 e. The van der Waals surface area contributed by atoms with E-state index >= 15 is 0 Å². The van der Waals surface area contributed by atoms with Gasteiger partial charge in [-0.15, -0.1) is 16.8 Å². The lowest BCUT2D eigenvalue weighted by atomic mass is 10.2. The quantitative estimate of drug-likeness (QED) is 0.497. The Labute approximate surface area is 160 Å². The molecule has 8 heteroatoms. The Hall–Kier alpha value is -3.31. The fraction of sp³-hybridized carbons (Fsp3) is 0.158. The van der Waals surface area contributed by atoms with E-state index in [1.807, 2.05) is 23.6 Å². The van der Waals surface area contributed by atoms with Crippen LogP contribution in [-0.2, 0) is 11.3 Å². The van der Waals surface area contributed by atoms with Crippen molar-refractivity contribution in [3.05, 3.63) is 60.6 Å². The molecule has 0 spiro atoms. The molecule has 0 aliphatic rings. The molecule has 0 saturated heterocycles. The molecule has 1 N–H and O–H groups in total. The number of benzene rings is 1. The lowest BCUT2D eigenvalue weighted by Gasteiger charge is -2.08. The van der Waals surface area contributed by atoms with Crippen molar-refractivity contribution in [3.8, 4) is 17.5 Å². The number of aryl methyl sites for hydroxylation is 1. The van der Waals surface area contributed by atoms with Crippen LogP contribution in [0.4, 0.5) is 5.69 Å². The summed E-state index contributed by atoms with van der Waals surface area (Å²) >= 11 is 1.29. The van der Waals surface area contributed by atoms with Gasteiger partial charge in [-0.25, -0.2) is 0 Å². The average Bonchev–Trinajstić information content (AvgIpc) is 3.27. The third-order valence-electron chi connectivity index (χ3n) is 3.76. The van der Waals surface area contributed by atoms with E-state index in [1.54, 1.807) is 36.6 Å². The molecule has 1 amide bonds. The van der Waals surface area contributed by atoms with Crippen molar-refractivity contribution < 1.29 is 9.21 Å². The van der Waals surface area contributed by atoms with E-state index in [4.69, 9.17) is 9.68 Å². The molecule has 0 aliphatic carbocycles. The van der Waals surface area contributed by atoms with Crippen molar-refractivity contribution in [1.29, 1.82) is 5.26 Å². The maximum atomic E-state index is 12.2. The molecule has 0 fully saturated rings. The number of aromatic nitrogens is 3. The number of carbonyl (C=O) groups is 1. The zero-order chi connectivity index (χ0) is 19.2. The van der Waals surface area contributed by atoms with Gasteiger partial charge in [0, 0.05) is 12.2 Å². The van der Waals surface area contributed by atoms with E-state index < -0.39 is 0 Å². The minimum Gasteiger partial charge on any atom is -0.469 e. The Bertz CT molecular complexity index is 998. The fourth-order valence-corrected chi connectivity index (χ4v) is 3.21. The van der Waals surface area contributed by atoms with Gasteiger partial charge in [0.15, 0.2) is 11.0 Å². The van der Waals surface area contributed by atoms with Gasteiger partial charge in [-0.1, -0.05) is 17.8 Å². The molecule has 136 valence electrons. The lowest BCUT2D eigenvalue weighted by Crippen LogP contribution is -2.14. The van der Waals surface area contributed by atoms with E-state index in [0.717, 1.165) is 11.3 Å². The van der Waals surface area contributed by atoms with Gasteiger partial charge < -0.3 is 9.73 Å². The van der Waals surface area contributed by atoms with Crippen molar-refractivity contribution in [3.63, 3.8) is 0 Å². The molecular formula is C19H17N5O2S. The van der Waals surface area contributed by atoms with Crippen molar-refractivity contribution in [2.24, 2.45) is 0 Å². The van der Waals surface area contributed by atoms with Crippen molar-refractivity contribution in [2.75, 3.05) is 11.1 Å². The first-order valence-corrected chi connectivity index (χ1v) is 9.12. The number of furan rings is 1. The van der Waals surface area contributed by atoms with Crippen LogP contribution in [0, 0.1) is 18.3 Å². The highest BCUT2D eigenvalue weighted by Crippen LogP contribution is 2.27. The molecule has 27 heavy (non-hydrogen) atoms. The third-order valence-corrected chi connectivity index (χ3v) is 4.73. The van der Waals surface area contributed by atoms with Gasteiger partial charge in [0.25, 0.3) is 0 Å². The topological polar surface area (TPSA) is 96.7 Å². The van der Waals surface area contributed by atoms with Crippen LogP contribution in [-0.4, -0.2) is 26.4 Å². The summed E-state index contributed by atoms with van der Waals surface area (Å²) in [4.78, 5) is 12.2. The largest absolute Gasteiger partial charge is 0.469 e. The summed E-state index contributed by atoms with van der Waals surface area (Å²) in [6, 6.07) is 10.6. The normalized spacial score (nSPS) is 10.4. The molecule has 7 nitrogen and oxygen atoms in total. The Balaban J connectivity index is 1.69. The highest BCUT2D eigenvalue weighted by atomic mass is 32.2. The van der Waals surface area contributed by atoms with E-state index in [0.29, 0.717) is 28.8 Å². The number of amides is 1. The Kier molecular flexibility index (Phi) is 5.74. The second-order valence-corrected chi connectivity index (χ2v) is 6.56. The summed E-state index contributed by atoms with van der Waals surface area (Å²) in [6.07, 6.45) is 3.36. The van der Waals surface area contributed by atoms with E-state index in [2.05, 4.69) is 22.1 Å². The molecule has 0 aliphatic heterocycles. The fourth-order valence-electron chi connectivity index (χ4n) is 2.46. The Morgan fingerprint density at radius 2 is 2.15 bits per heavy atom. The molecule has 0 radical (unpaired) electrons. The molecule has 0 unspecified atom stereocenters. The van der Waals surface area contributed by atoms with Crippen LogP contribution in [0.1, 0.15) is 11.3 Å². The van der Waals surface area contributed by atoms with Crippen molar-refractivity contribution in [2.45, 2.75) is 18.6 Å². The number of nitriles is 1. The van der Waals surface area contributed by atoms with Crippen LogP contribution < -0.4 is 5.32 Å². The van der Waals surface area contributed by atoms with E-state index in [1.165, 1.54) is 11.8 Å². The number of carbonyl (C=O) groups excluding carboxylic acids is 1. The third kappa shape index (κ3) is 4.27. The summed E-state index contributed by atoms with van der Waals surface area (Å²) < 4.78 is 7.24. The second kappa shape index (κ2) is 8.38. The number of hydrogen-bond acceptors (Lipinski definition) is 6. The summed E-state index contributed by atoms with van der Waals surface area (Å²) in [7, 11) is 0. The predicted molar refractivity (Wildman–Crippen MR) is 103 cm³/mol. The van der Waals surface area contributed by atoms with Crippen molar-refractivity contribution in [1.82, 2.24) is 14.8 Å². The average molecular weight is 379 g/mol. The summed E-state index contributed by atoms with van der Waals surface area (Å²) in [5, 5.41) is 20.7. The van der Waals surface area contributed by atoms with Gasteiger partial charge in [0.2, 0.25) is 5.91 Å². The van der Waals surface area contributed by atoms with Gasteiger partial charge in [-0.2, -0.15) is 5.26 Å².